The summed E-state index contributed by atoms with van der Waals surface area (Å²) in [6, 6.07) is 7.84. The number of methoxy groups -OCH3 is 2. The predicted molar refractivity (Wildman–Crippen MR) is 94.1 cm³/mol. The fraction of sp³-hybridized carbons (Fsp3) is 0.350. The minimum atomic E-state index is -4.42. The number of carbonyl (C=O) groups is 1. The molecule has 2 aromatic carbocycles. The van der Waals surface area contributed by atoms with E-state index in [0.717, 1.165) is 23.3 Å². The molecule has 0 aromatic heterocycles. The molecule has 0 bridgehead atoms. The minimum Gasteiger partial charge on any atom is -0.493 e. The van der Waals surface area contributed by atoms with E-state index in [-0.39, 0.29) is 17.5 Å². The molecule has 0 radical (unpaired) electrons. The topological polar surface area (TPSA) is 38.8 Å². The maximum atomic E-state index is 12.8. The molecule has 4 nitrogen and oxygen atoms in total. The number of amides is 1. The van der Waals surface area contributed by atoms with Crippen LogP contribution in [-0.4, -0.2) is 31.6 Å². The first-order valence-corrected chi connectivity index (χ1v) is 8.49. The highest BCUT2D eigenvalue weighted by Gasteiger charge is 2.32. The Morgan fingerprint density at radius 3 is 2.22 bits per heavy atom. The molecule has 27 heavy (non-hydrogen) atoms. The molecule has 7 heteroatoms. The second-order valence-corrected chi connectivity index (χ2v) is 6.41. The lowest BCUT2D eigenvalue weighted by Crippen LogP contribution is -2.38. The first-order chi connectivity index (χ1) is 12.8. The number of benzene rings is 2. The number of fused-ring (bicyclic) bond motifs is 1. The smallest absolute Gasteiger partial charge is 0.416 e. The van der Waals surface area contributed by atoms with Crippen molar-refractivity contribution < 1.29 is 27.4 Å². The quantitative estimate of drug-likeness (QED) is 0.789. The second kappa shape index (κ2) is 7.13. The van der Waals surface area contributed by atoms with Gasteiger partial charge < -0.3 is 14.4 Å². The van der Waals surface area contributed by atoms with Gasteiger partial charge in [0.2, 0.25) is 0 Å². The van der Waals surface area contributed by atoms with Crippen molar-refractivity contribution >= 4 is 5.91 Å². The van der Waals surface area contributed by atoms with Gasteiger partial charge in [0, 0.05) is 12.1 Å². The monoisotopic (exact) mass is 379 g/mol. The van der Waals surface area contributed by atoms with Crippen LogP contribution in [0.4, 0.5) is 13.2 Å². The van der Waals surface area contributed by atoms with Gasteiger partial charge in [0.05, 0.1) is 25.8 Å². The predicted octanol–water partition coefficient (Wildman–Crippen LogP) is 4.48. The molecule has 0 saturated carbocycles. The van der Waals surface area contributed by atoms with Crippen molar-refractivity contribution in [3.05, 3.63) is 58.7 Å². The third-order valence-electron chi connectivity index (χ3n) is 4.91. The zero-order valence-corrected chi connectivity index (χ0v) is 15.3. The van der Waals surface area contributed by atoms with E-state index in [1.54, 1.807) is 19.1 Å². The summed E-state index contributed by atoms with van der Waals surface area (Å²) in [7, 11) is 3.11. The fourth-order valence-corrected chi connectivity index (χ4v) is 3.39. The van der Waals surface area contributed by atoms with Gasteiger partial charge in [0.25, 0.3) is 5.91 Å². The zero-order chi connectivity index (χ0) is 19.8. The molecule has 3 rings (SSSR count). The average Bonchev–Trinajstić information content (AvgIpc) is 2.66. The van der Waals surface area contributed by atoms with Gasteiger partial charge in [0.15, 0.2) is 11.5 Å². The first-order valence-electron chi connectivity index (χ1n) is 8.49. The molecule has 0 N–H and O–H groups in total. The van der Waals surface area contributed by atoms with E-state index >= 15 is 0 Å². The Morgan fingerprint density at radius 2 is 1.67 bits per heavy atom. The minimum absolute atomic E-state index is 0.233. The van der Waals surface area contributed by atoms with Crippen LogP contribution >= 0.6 is 0 Å². The van der Waals surface area contributed by atoms with Crippen LogP contribution in [0.1, 0.15) is 40.0 Å². The molecular weight excluding hydrogens is 359 g/mol. The van der Waals surface area contributed by atoms with Gasteiger partial charge in [-0.05, 0) is 60.9 Å². The zero-order valence-electron chi connectivity index (χ0n) is 15.3. The van der Waals surface area contributed by atoms with Gasteiger partial charge in [-0.15, -0.1) is 0 Å². The van der Waals surface area contributed by atoms with Crippen LogP contribution in [0.2, 0.25) is 0 Å². The SMILES string of the molecule is COc1cc2c(cc1OC)C(C)N(C(=O)c1ccc(C(F)(F)F)cc1)CC2. The van der Waals surface area contributed by atoms with Crippen LogP contribution in [0.5, 0.6) is 11.5 Å². The van der Waals surface area contributed by atoms with Gasteiger partial charge in [-0.1, -0.05) is 0 Å². The second-order valence-electron chi connectivity index (χ2n) is 6.41. The summed E-state index contributed by atoms with van der Waals surface area (Å²) in [6.07, 6.45) is -3.79. The van der Waals surface area contributed by atoms with Crippen molar-refractivity contribution in [3.63, 3.8) is 0 Å². The van der Waals surface area contributed by atoms with E-state index in [0.29, 0.717) is 24.5 Å². The molecule has 1 unspecified atom stereocenters. The van der Waals surface area contributed by atoms with Crippen molar-refractivity contribution in [2.45, 2.75) is 25.6 Å². The summed E-state index contributed by atoms with van der Waals surface area (Å²) in [4.78, 5) is 14.5. The number of hydrogen-bond acceptors (Lipinski definition) is 3. The van der Waals surface area contributed by atoms with Crippen molar-refractivity contribution in [2.75, 3.05) is 20.8 Å². The fourth-order valence-electron chi connectivity index (χ4n) is 3.39. The Bertz CT molecular complexity index is 847. The molecule has 1 amide bonds. The molecular formula is C20H20F3NO3. The Labute approximate surface area is 155 Å². The number of ether oxygens (including phenoxy) is 2. The lowest BCUT2D eigenvalue weighted by atomic mass is 9.92. The van der Waals surface area contributed by atoms with E-state index in [2.05, 4.69) is 0 Å². The van der Waals surface area contributed by atoms with Crippen LogP contribution < -0.4 is 9.47 Å². The number of carbonyl (C=O) groups excluding carboxylic acids is 1. The van der Waals surface area contributed by atoms with Crippen LogP contribution in [0, 0.1) is 0 Å². The molecule has 1 aliphatic rings. The number of halogens is 3. The van der Waals surface area contributed by atoms with Gasteiger partial charge in [-0.3, -0.25) is 4.79 Å². The van der Waals surface area contributed by atoms with E-state index in [9.17, 15) is 18.0 Å². The summed E-state index contributed by atoms with van der Waals surface area (Å²) in [5, 5.41) is 0. The summed E-state index contributed by atoms with van der Waals surface area (Å²) in [6.45, 7) is 2.37. The third kappa shape index (κ3) is 3.59. The number of alkyl halides is 3. The maximum Gasteiger partial charge on any atom is 0.416 e. The third-order valence-corrected chi connectivity index (χ3v) is 4.91. The highest BCUT2D eigenvalue weighted by atomic mass is 19.4. The van der Waals surface area contributed by atoms with Gasteiger partial charge in [-0.25, -0.2) is 0 Å². The van der Waals surface area contributed by atoms with Crippen molar-refractivity contribution in [2.24, 2.45) is 0 Å². The molecule has 1 aliphatic heterocycles. The highest BCUT2D eigenvalue weighted by Crippen LogP contribution is 2.38. The summed E-state index contributed by atoms with van der Waals surface area (Å²) in [5.41, 5.74) is 1.47. The number of hydrogen-bond donors (Lipinski definition) is 0. The lowest BCUT2D eigenvalue weighted by molar-refractivity contribution is -0.137. The summed E-state index contributed by atoms with van der Waals surface area (Å²) < 4.78 is 48.8. The molecule has 0 fully saturated rings. The molecule has 1 heterocycles. The standard InChI is InChI=1S/C20H20F3NO3/c1-12-16-11-18(27-3)17(26-2)10-14(16)8-9-24(12)19(25)13-4-6-15(7-5-13)20(21,22)23/h4-7,10-12H,8-9H2,1-3H3. The Morgan fingerprint density at radius 1 is 1.07 bits per heavy atom. The number of rotatable bonds is 3. The lowest BCUT2D eigenvalue weighted by Gasteiger charge is -2.36. The molecule has 1 atom stereocenters. The van der Waals surface area contributed by atoms with Gasteiger partial charge >= 0.3 is 6.18 Å². The van der Waals surface area contributed by atoms with Crippen LogP contribution in [0.3, 0.4) is 0 Å². The molecule has 2 aromatic rings. The Kier molecular flexibility index (Phi) is 5.04. The molecule has 0 aliphatic carbocycles. The van der Waals surface area contributed by atoms with Crippen LogP contribution in [0.25, 0.3) is 0 Å². The van der Waals surface area contributed by atoms with E-state index in [1.165, 1.54) is 12.1 Å². The van der Waals surface area contributed by atoms with Crippen molar-refractivity contribution in [1.29, 1.82) is 0 Å². The van der Waals surface area contributed by atoms with Gasteiger partial charge in [0.1, 0.15) is 0 Å². The highest BCUT2D eigenvalue weighted by molar-refractivity contribution is 5.94. The average molecular weight is 379 g/mol. The van der Waals surface area contributed by atoms with E-state index < -0.39 is 11.7 Å². The number of nitrogens with zero attached hydrogens (tertiary/aromatic N) is 1. The normalized spacial score (nSPS) is 16.7. The van der Waals surface area contributed by atoms with Gasteiger partial charge in [-0.2, -0.15) is 13.2 Å². The molecule has 144 valence electrons. The Balaban J connectivity index is 1.88. The molecule has 0 saturated heterocycles. The maximum absolute atomic E-state index is 12.8. The summed E-state index contributed by atoms with van der Waals surface area (Å²) >= 11 is 0. The Hall–Kier alpha value is -2.70. The largest absolute Gasteiger partial charge is 0.493 e. The van der Waals surface area contributed by atoms with Crippen LogP contribution in [0.15, 0.2) is 36.4 Å². The van der Waals surface area contributed by atoms with Crippen molar-refractivity contribution in [3.8, 4) is 11.5 Å². The van der Waals surface area contributed by atoms with Crippen LogP contribution in [-0.2, 0) is 12.6 Å². The summed E-state index contributed by atoms with van der Waals surface area (Å²) in [5.74, 6) is 0.912. The first kappa shape index (κ1) is 19.1. The van der Waals surface area contributed by atoms with E-state index in [4.69, 9.17) is 9.47 Å². The van der Waals surface area contributed by atoms with Crippen molar-refractivity contribution in [1.82, 2.24) is 4.90 Å². The molecule has 0 spiro atoms. The van der Waals surface area contributed by atoms with E-state index in [1.807, 2.05) is 19.1 Å².